The van der Waals surface area contributed by atoms with Gasteiger partial charge in [-0.05, 0) is 80.4 Å². The summed E-state index contributed by atoms with van der Waals surface area (Å²) in [5.74, 6) is -0.973. The summed E-state index contributed by atoms with van der Waals surface area (Å²) in [6.45, 7) is 6.74. The number of piperazine rings is 1. The van der Waals surface area contributed by atoms with Gasteiger partial charge in [0.15, 0.2) is 11.8 Å². The van der Waals surface area contributed by atoms with E-state index in [1.165, 1.54) is 48.7 Å². The molecule has 2 aromatic heterocycles. The van der Waals surface area contributed by atoms with Gasteiger partial charge in [-0.25, -0.2) is 26.6 Å². The molecule has 4 heterocycles. The summed E-state index contributed by atoms with van der Waals surface area (Å²) in [5, 5.41) is 3.02. The van der Waals surface area contributed by atoms with Gasteiger partial charge in [-0.3, -0.25) is 9.59 Å². The van der Waals surface area contributed by atoms with E-state index in [1.54, 1.807) is 60.9 Å². The van der Waals surface area contributed by atoms with Crippen molar-refractivity contribution in [1.82, 2.24) is 18.8 Å². The molecule has 0 bridgehead atoms. The van der Waals surface area contributed by atoms with Gasteiger partial charge in [-0.15, -0.1) is 0 Å². The largest absolute Gasteiger partial charge is 0.479 e. The van der Waals surface area contributed by atoms with E-state index in [4.69, 9.17) is 9.47 Å². The number of amides is 3. The van der Waals surface area contributed by atoms with Crippen LogP contribution in [0.25, 0.3) is 22.2 Å². The lowest BCUT2D eigenvalue weighted by Gasteiger charge is -2.36. The molecule has 1 fully saturated rings. The van der Waals surface area contributed by atoms with Gasteiger partial charge in [0.25, 0.3) is 21.8 Å². The summed E-state index contributed by atoms with van der Waals surface area (Å²) in [4.78, 5) is 47.7. The molecule has 14 heteroatoms. The second kappa shape index (κ2) is 13.4. The van der Waals surface area contributed by atoms with Crippen molar-refractivity contribution in [3.05, 3.63) is 108 Å². The molecule has 268 valence electrons. The maximum atomic E-state index is 14.2. The van der Waals surface area contributed by atoms with Crippen LogP contribution in [0.1, 0.15) is 36.8 Å². The van der Waals surface area contributed by atoms with Crippen molar-refractivity contribution in [2.45, 2.75) is 43.8 Å². The molecule has 12 nitrogen and oxygen atoms in total. The summed E-state index contributed by atoms with van der Waals surface area (Å²) in [5.41, 5.74) is 1.37. The summed E-state index contributed by atoms with van der Waals surface area (Å²) < 4.78 is 54.6. The van der Waals surface area contributed by atoms with Gasteiger partial charge in [0.1, 0.15) is 22.9 Å². The van der Waals surface area contributed by atoms with Gasteiger partial charge < -0.3 is 24.6 Å². The fraction of sp³-hybridized carbons (Fsp3) is 0.263. The number of halogens is 1. The summed E-state index contributed by atoms with van der Waals surface area (Å²) in [7, 11) is -4.34. The number of hydrogen-bond donors (Lipinski definition) is 1. The van der Waals surface area contributed by atoms with Gasteiger partial charge in [-0.2, -0.15) is 0 Å². The highest BCUT2D eigenvalue weighted by molar-refractivity contribution is 7.90. The predicted molar refractivity (Wildman–Crippen MR) is 191 cm³/mol. The van der Waals surface area contributed by atoms with Crippen molar-refractivity contribution in [3.8, 4) is 16.9 Å². The lowest BCUT2D eigenvalue weighted by atomic mass is 9.99. The molecule has 2 aliphatic rings. The number of fused-ring (bicyclic) bond motifs is 2. The maximum Gasteiger partial charge on any atom is 0.410 e. The second-order valence-electron chi connectivity index (χ2n) is 13.6. The molecule has 1 N–H and O–H groups in total. The number of pyridine rings is 1. The Hall–Kier alpha value is -5.76. The van der Waals surface area contributed by atoms with Crippen molar-refractivity contribution in [2.24, 2.45) is 0 Å². The van der Waals surface area contributed by atoms with Gasteiger partial charge in [-0.1, -0.05) is 36.4 Å². The minimum absolute atomic E-state index is 0.0108. The molecule has 2 aliphatic heterocycles. The van der Waals surface area contributed by atoms with Crippen LogP contribution in [0.5, 0.6) is 5.75 Å². The lowest BCUT2D eigenvalue weighted by Crippen LogP contribution is -2.54. The second-order valence-corrected chi connectivity index (χ2v) is 15.4. The van der Waals surface area contributed by atoms with Gasteiger partial charge in [0.05, 0.1) is 4.90 Å². The van der Waals surface area contributed by atoms with Crippen LogP contribution < -0.4 is 10.1 Å². The number of para-hydroxylation sites is 1. The highest BCUT2D eigenvalue weighted by Crippen LogP contribution is 2.42. The average molecular weight is 726 g/mol. The zero-order valence-corrected chi connectivity index (χ0v) is 29.5. The van der Waals surface area contributed by atoms with E-state index < -0.39 is 39.5 Å². The molecular formula is C38H36FN5O7S. The summed E-state index contributed by atoms with van der Waals surface area (Å²) in [6.07, 6.45) is 0.551. The molecule has 5 aromatic rings. The highest BCUT2D eigenvalue weighted by atomic mass is 32.2. The minimum Gasteiger partial charge on any atom is -0.479 e. The number of carbonyl (C=O) groups is 3. The highest BCUT2D eigenvalue weighted by Gasteiger charge is 2.37. The fourth-order valence-electron chi connectivity index (χ4n) is 6.40. The Balaban J connectivity index is 1.21. The third kappa shape index (κ3) is 6.68. The molecule has 0 aliphatic carbocycles. The number of hydrogen-bond acceptors (Lipinski definition) is 8. The Kier molecular flexibility index (Phi) is 8.95. The Labute approximate surface area is 299 Å². The Morgan fingerprint density at radius 2 is 1.58 bits per heavy atom. The van der Waals surface area contributed by atoms with E-state index in [-0.39, 0.29) is 27.8 Å². The number of carbonyl (C=O) groups excluding carboxylic acids is 3. The molecule has 3 amide bonds. The zero-order valence-electron chi connectivity index (χ0n) is 28.7. The summed E-state index contributed by atoms with van der Waals surface area (Å²) in [6, 6.07) is 21.5. The number of nitrogens with one attached hydrogen (secondary N) is 1. The number of rotatable bonds is 6. The first kappa shape index (κ1) is 34.7. The van der Waals surface area contributed by atoms with Crippen molar-refractivity contribution in [3.63, 3.8) is 0 Å². The normalized spacial score (nSPS) is 16.0. The van der Waals surface area contributed by atoms with Crippen LogP contribution in [0.4, 0.5) is 14.9 Å². The molecule has 0 radical (unpaired) electrons. The molecular weight excluding hydrogens is 690 g/mol. The number of nitrogens with zero attached hydrogens (tertiary/aromatic N) is 4. The molecule has 0 spiro atoms. The van der Waals surface area contributed by atoms with E-state index >= 15 is 0 Å². The van der Waals surface area contributed by atoms with Crippen LogP contribution in [-0.4, -0.2) is 83.0 Å². The van der Waals surface area contributed by atoms with E-state index in [0.29, 0.717) is 54.9 Å². The molecule has 3 aromatic carbocycles. The van der Waals surface area contributed by atoms with Crippen molar-refractivity contribution < 1.29 is 36.7 Å². The predicted octanol–water partition coefficient (Wildman–Crippen LogP) is 5.71. The van der Waals surface area contributed by atoms with E-state index in [9.17, 15) is 27.2 Å². The Morgan fingerprint density at radius 3 is 2.27 bits per heavy atom. The zero-order chi connectivity index (χ0) is 36.8. The number of anilines is 1. The fourth-order valence-corrected chi connectivity index (χ4v) is 7.88. The first-order chi connectivity index (χ1) is 24.8. The SMILES string of the molecule is CC(C)(C)OC(=O)N1CCN(C(=O)C2Cc3cccc(-c4ccnc5c4cc(C(=O)Nc4ccc(F)cc4)n5S(=O)(=O)c4ccccc4)c3O2)CC1. The van der Waals surface area contributed by atoms with Crippen LogP contribution in [0.3, 0.4) is 0 Å². The van der Waals surface area contributed by atoms with Gasteiger partial charge >= 0.3 is 6.09 Å². The van der Waals surface area contributed by atoms with Crippen LogP contribution in [-0.2, 0) is 26.0 Å². The van der Waals surface area contributed by atoms with Crippen LogP contribution in [0.15, 0.2) is 96.0 Å². The third-order valence-electron chi connectivity index (χ3n) is 8.85. The van der Waals surface area contributed by atoms with Crippen LogP contribution in [0, 0.1) is 5.82 Å². The molecule has 1 saturated heterocycles. The molecule has 52 heavy (non-hydrogen) atoms. The van der Waals surface area contributed by atoms with Crippen molar-refractivity contribution in [2.75, 3.05) is 31.5 Å². The van der Waals surface area contributed by atoms with Crippen molar-refractivity contribution >= 4 is 44.7 Å². The first-order valence-corrected chi connectivity index (χ1v) is 18.2. The standard InChI is InChI=1S/C38H36FN5O7S/c1-38(2,3)51-37(47)43-20-18-42(19-21-43)36(46)32-22-24-8-7-11-29(33(24)50-32)28-16-17-40-34-30(28)23-31(35(45)41-26-14-12-25(39)13-15-26)44(34)52(48,49)27-9-5-4-6-10-27/h4-17,23,32H,18-22H2,1-3H3,(H,41,45). The molecule has 0 saturated carbocycles. The number of benzene rings is 3. The van der Waals surface area contributed by atoms with Gasteiger partial charge in [0.2, 0.25) is 0 Å². The lowest BCUT2D eigenvalue weighted by molar-refractivity contribution is -0.139. The molecule has 1 unspecified atom stereocenters. The summed E-state index contributed by atoms with van der Waals surface area (Å²) >= 11 is 0. The Morgan fingerprint density at radius 1 is 0.885 bits per heavy atom. The van der Waals surface area contributed by atoms with Gasteiger partial charge in [0, 0.05) is 55.4 Å². The van der Waals surface area contributed by atoms with Crippen LogP contribution in [0.2, 0.25) is 0 Å². The van der Waals surface area contributed by atoms with E-state index in [1.807, 2.05) is 12.1 Å². The number of ether oxygens (including phenoxy) is 2. The first-order valence-electron chi connectivity index (χ1n) is 16.7. The van der Waals surface area contributed by atoms with Crippen molar-refractivity contribution in [1.29, 1.82) is 0 Å². The molecule has 7 rings (SSSR count). The molecule has 1 atom stereocenters. The topological polar surface area (TPSA) is 140 Å². The average Bonchev–Trinajstić information content (AvgIpc) is 3.75. The minimum atomic E-state index is -4.34. The Bertz CT molecular complexity index is 2300. The number of aromatic nitrogens is 2. The smallest absolute Gasteiger partial charge is 0.410 e. The van der Waals surface area contributed by atoms with E-state index in [0.717, 1.165) is 9.54 Å². The van der Waals surface area contributed by atoms with Crippen LogP contribution >= 0.6 is 0 Å². The maximum absolute atomic E-state index is 14.2. The quantitative estimate of drug-likeness (QED) is 0.235. The van der Waals surface area contributed by atoms with E-state index in [2.05, 4.69) is 10.3 Å². The third-order valence-corrected chi connectivity index (χ3v) is 10.6. The monoisotopic (exact) mass is 725 g/mol.